The minimum Gasteiger partial charge on any atom is -0.416 e. The molecule has 136 heavy (non-hydrogen) atoms. The van der Waals surface area contributed by atoms with E-state index in [-0.39, 0.29) is 39.3 Å². The van der Waals surface area contributed by atoms with Crippen molar-refractivity contribution in [3.8, 4) is 0 Å². The van der Waals surface area contributed by atoms with Crippen LogP contribution in [0.5, 0.6) is 0 Å². The fraction of sp³-hybridized carbons (Fsp3) is 0.879. The third kappa shape index (κ3) is 72.4. The number of hydrogen-bond acceptors (Lipinski definition) is 14. The van der Waals surface area contributed by atoms with E-state index in [0.29, 0.717) is 11.8 Å². The summed E-state index contributed by atoms with van der Waals surface area (Å²) in [6.07, 6.45) is 118. The van der Waals surface area contributed by atoms with Crippen LogP contribution >= 0.6 is 0 Å². The van der Waals surface area contributed by atoms with Crippen LogP contribution in [-0.4, -0.2) is 61.2 Å². The molecule has 3 unspecified atom stereocenters. The van der Waals surface area contributed by atoms with E-state index in [9.17, 15) is 19.2 Å². The number of hydrogen-bond donors (Lipinski definition) is 6. The van der Waals surface area contributed by atoms with Gasteiger partial charge in [-0.15, -0.1) is 20.4 Å². The van der Waals surface area contributed by atoms with Crippen LogP contribution in [0, 0.1) is 0 Å². The number of nitrogens with zero attached hydrogens (tertiary/aromatic N) is 6. The molecular weight excluding hydrogens is 1690 g/mol. The standard InChI is InChI=1S/C20H40N4.2C20H37NO2.C19H38N4.C19H35NO2.C18H33NO2/c1-4-7-8-9-10-11-12-13-14-15-16-17-18-20(5-2,6-3)19-21-23-24-22-19;1-4-5-6-7-8-9-10-11-12-13-14-15-16-20(2,3)18-17-23-19(22)21-18;1-3-5-6-7-8-9-10-11-12-13-14-15-16-18(4-2)19-17-23-20(22)21-19;1-4-6-7-8-9-10-11-12-13-14-15-16-17-19(3,5-2)18-20-22-23-21-18;1-3-4-5-6-7-8-9-10-11-12-13-14-15-17(2)18-16-22-19(21)20-18;1-2-3-4-5-6-7-8-9-10-11-12-13-14-15-17-16-21-18(20)19-17/h4-18H2,1-3H3,(H,21,22,23,24);17H,4-16H2,1-3H3,(H,21,22);17-18H,3-16H2,1-2H3,(H,21,22);4-17H2,1-3H3,(H,20,21,22,23);16-17H,3-15H2,1-2H3,(H,20,21);16H,2-15H2,1H3,(H,19,20). The van der Waals surface area contributed by atoms with Gasteiger partial charge >= 0.3 is 23.0 Å². The molecule has 0 saturated heterocycles. The smallest absolute Gasteiger partial charge is 0.416 e. The Balaban J connectivity index is 0.000000816. The summed E-state index contributed by atoms with van der Waals surface area (Å²) in [5, 5.41) is 29.6. The Bertz CT molecular complexity index is 3590. The molecule has 0 amide bonds. The van der Waals surface area contributed by atoms with Crippen LogP contribution in [0.25, 0.3) is 0 Å². The van der Waals surface area contributed by atoms with Crippen molar-refractivity contribution in [3.05, 3.63) is 102 Å². The van der Waals surface area contributed by atoms with Gasteiger partial charge in [-0.3, -0.25) is 19.9 Å². The zero-order chi connectivity index (χ0) is 99.3. The van der Waals surface area contributed by atoms with E-state index in [0.717, 1.165) is 92.2 Å². The summed E-state index contributed by atoms with van der Waals surface area (Å²) in [4.78, 5) is 54.9. The largest absolute Gasteiger partial charge is 0.416 e. The fourth-order valence-electron chi connectivity index (χ4n) is 19.1. The first-order valence-electron chi connectivity index (χ1n) is 58.6. The molecule has 3 atom stereocenters. The second-order valence-electron chi connectivity index (χ2n) is 42.0. The van der Waals surface area contributed by atoms with Crippen molar-refractivity contribution in [2.45, 2.75) is 658 Å². The van der Waals surface area contributed by atoms with Gasteiger partial charge in [0, 0.05) is 22.2 Å². The minimum atomic E-state index is -0.345. The Kier molecular flexibility index (Phi) is 87.5. The molecule has 0 aliphatic carbocycles. The Labute approximate surface area is 833 Å². The molecule has 20 heteroatoms. The number of oxazole rings is 4. The molecule has 6 aromatic rings. The molecule has 20 nitrogen and oxygen atoms in total. The van der Waals surface area contributed by atoms with Gasteiger partial charge in [-0.05, 0) is 76.5 Å². The summed E-state index contributed by atoms with van der Waals surface area (Å²) in [5.41, 5.74) is 3.99. The molecule has 6 heterocycles. The summed E-state index contributed by atoms with van der Waals surface area (Å²) >= 11 is 0. The number of H-pyrrole nitrogens is 6. The monoisotopic (exact) mass is 1910 g/mol. The van der Waals surface area contributed by atoms with Crippen LogP contribution < -0.4 is 23.0 Å². The zero-order valence-electron chi connectivity index (χ0n) is 91.6. The van der Waals surface area contributed by atoms with E-state index in [2.05, 4.69) is 158 Å². The lowest BCUT2D eigenvalue weighted by Crippen LogP contribution is -2.26. The summed E-state index contributed by atoms with van der Waals surface area (Å²) in [7, 11) is 0. The highest BCUT2D eigenvalue weighted by Gasteiger charge is 2.33. The molecule has 6 rings (SSSR count). The molecular formula is C116H220N12O8. The molecule has 792 valence electrons. The maximum Gasteiger partial charge on any atom is 0.416 e. The normalized spacial score (nSPS) is 12.4. The van der Waals surface area contributed by atoms with E-state index in [1.807, 2.05) is 0 Å². The lowest BCUT2D eigenvalue weighted by atomic mass is 9.77. The van der Waals surface area contributed by atoms with Gasteiger partial charge in [-0.25, -0.2) is 19.2 Å². The fourth-order valence-corrected chi connectivity index (χ4v) is 19.1. The lowest BCUT2D eigenvalue weighted by Gasteiger charge is -2.28. The number of unbranched alkanes of at least 4 members (excludes halogenated alkanes) is 67. The van der Waals surface area contributed by atoms with E-state index in [1.54, 1.807) is 25.1 Å². The van der Waals surface area contributed by atoms with E-state index < -0.39 is 0 Å². The summed E-state index contributed by atoms with van der Waals surface area (Å²) in [6, 6.07) is 0. The highest BCUT2D eigenvalue weighted by molar-refractivity contribution is 5.08. The van der Waals surface area contributed by atoms with Gasteiger partial charge in [-0.1, -0.05) is 570 Å². The Morgan fingerprint density at radius 3 is 0.846 bits per heavy atom. The highest BCUT2D eigenvalue weighted by Crippen LogP contribution is 2.36. The van der Waals surface area contributed by atoms with Crippen LogP contribution in [0.15, 0.2) is 61.9 Å². The van der Waals surface area contributed by atoms with Gasteiger partial charge in [0.25, 0.3) is 0 Å². The van der Waals surface area contributed by atoms with Crippen LogP contribution in [0.3, 0.4) is 0 Å². The van der Waals surface area contributed by atoms with Crippen LogP contribution in [-0.2, 0) is 22.7 Å². The highest BCUT2D eigenvalue weighted by atomic mass is 16.4. The van der Waals surface area contributed by atoms with Crippen molar-refractivity contribution in [2.24, 2.45) is 0 Å². The van der Waals surface area contributed by atoms with Gasteiger partial charge in [0.15, 0.2) is 11.6 Å². The maximum atomic E-state index is 11.1. The molecule has 0 spiro atoms. The molecule has 0 saturated carbocycles. The Morgan fingerprint density at radius 2 is 0.559 bits per heavy atom. The molecule has 0 bridgehead atoms. The summed E-state index contributed by atoms with van der Waals surface area (Å²) in [6.45, 7) is 31.3. The van der Waals surface area contributed by atoms with Gasteiger partial charge in [0.1, 0.15) is 25.1 Å². The summed E-state index contributed by atoms with van der Waals surface area (Å²) < 4.78 is 19.2. The van der Waals surface area contributed by atoms with Gasteiger partial charge in [0.2, 0.25) is 0 Å². The van der Waals surface area contributed by atoms with E-state index in [1.165, 1.54) is 475 Å². The quantitative estimate of drug-likeness (QED) is 0.0194. The van der Waals surface area contributed by atoms with Crippen LogP contribution in [0.4, 0.5) is 0 Å². The average Bonchev–Trinajstić information content (AvgIpc) is 1.71. The summed E-state index contributed by atoms with van der Waals surface area (Å²) in [5.74, 6) is 1.30. The third-order valence-electron chi connectivity index (χ3n) is 29.4. The van der Waals surface area contributed by atoms with E-state index in [4.69, 9.17) is 17.7 Å². The molecule has 0 aliphatic heterocycles. The van der Waals surface area contributed by atoms with E-state index >= 15 is 0 Å². The Hall–Kier alpha value is -5.82. The molecule has 0 aliphatic rings. The number of rotatable bonds is 88. The predicted molar refractivity (Wildman–Crippen MR) is 578 cm³/mol. The number of nitrogens with one attached hydrogen (secondary N) is 6. The third-order valence-corrected chi connectivity index (χ3v) is 29.4. The van der Waals surface area contributed by atoms with Crippen molar-refractivity contribution in [1.29, 1.82) is 0 Å². The topological polar surface area (TPSA) is 293 Å². The maximum absolute atomic E-state index is 11.1. The molecule has 6 aromatic heterocycles. The van der Waals surface area contributed by atoms with Crippen molar-refractivity contribution >= 4 is 0 Å². The SMILES string of the molecule is CCCCCCCCCCCCCCC(C)(C)c1coc(=O)[nH]1.CCCCCCCCCCCCCCC(C)(CC)c1nn[nH]n1.CCCCCCCCCCCCCCC(C)c1coc(=O)[nH]1.CCCCCCCCCCCCCCC(CC)(CC)c1nn[nH]n1.CCCCCCCCCCCCCCC(CC)c1coc(=O)[nH]1.CCCCCCCCCCCCCCCc1coc(=O)[nH]1. The van der Waals surface area contributed by atoms with Gasteiger partial charge in [-0.2, -0.15) is 10.4 Å². The second kappa shape index (κ2) is 92.9. The number of aromatic amines is 6. The van der Waals surface area contributed by atoms with Gasteiger partial charge in [0.05, 0.1) is 22.8 Å². The molecule has 6 N–H and O–H groups in total. The first kappa shape index (κ1) is 128. The lowest BCUT2D eigenvalue weighted by molar-refractivity contribution is 0.329. The first-order valence-corrected chi connectivity index (χ1v) is 58.6. The first-order chi connectivity index (χ1) is 66.4. The van der Waals surface area contributed by atoms with Crippen LogP contribution in [0.1, 0.15) is 670 Å². The van der Waals surface area contributed by atoms with Crippen molar-refractivity contribution < 1.29 is 17.7 Å². The van der Waals surface area contributed by atoms with Crippen LogP contribution in [0.2, 0.25) is 0 Å². The number of aryl methyl sites for hydroxylation is 1. The number of aromatic nitrogens is 12. The second-order valence-corrected chi connectivity index (χ2v) is 42.0. The van der Waals surface area contributed by atoms with Crippen molar-refractivity contribution in [2.75, 3.05) is 0 Å². The predicted octanol–water partition coefficient (Wildman–Crippen LogP) is 37.0. The number of tetrazole rings is 2. The van der Waals surface area contributed by atoms with Crippen molar-refractivity contribution in [3.63, 3.8) is 0 Å². The molecule has 0 radical (unpaired) electrons. The average molecular weight is 1910 g/mol. The zero-order valence-corrected chi connectivity index (χ0v) is 91.6. The minimum absolute atomic E-state index is 0.00461. The van der Waals surface area contributed by atoms with Crippen molar-refractivity contribution in [1.82, 2.24) is 61.2 Å². The Morgan fingerprint density at radius 1 is 0.279 bits per heavy atom. The van der Waals surface area contributed by atoms with Gasteiger partial charge < -0.3 is 17.7 Å². The molecule has 0 aromatic carbocycles. The molecule has 0 fully saturated rings.